The summed E-state index contributed by atoms with van der Waals surface area (Å²) < 4.78 is 25.9. The van der Waals surface area contributed by atoms with Crippen LogP contribution in [0.15, 0.2) is 47.8 Å². The van der Waals surface area contributed by atoms with Gasteiger partial charge in [-0.3, -0.25) is 13.1 Å². The number of benzene rings is 1. The number of hydrogen-bond acceptors (Lipinski definition) is 8. The molecule has 1 saturated heterocycles. The molecule has 0 bridgehead atoms. The van der Waals surface area contributed by atoms with Crippen LogP contribution in [0.5, 0.6) is 0 Å². The second-order valence-corrected chi connectivity index (χ2v) is 14.0. The van der Waals surface area contributed by atoms with Gasteiger partial charge in [-0.25, -0.2) is 15.0 Å². The van der Waals surface area contributed by atoms with Gasteiger partial charge in [0.05, 0.1) is 10.8 Å². The van der Waals surface area contributed by atoms with Crippen LogP contribution in [0.1, 0.15) is 38.2 Å². The lowest BCUT2D eigenvalue weighted by molar-refractivity contribution is 0.452. The summed E-state index contributed by atoms with van der Waals surface area (Å²) in [6.07, 6.45) is 7.41. The minimum atomic E-state index is -1.08. The van der Waals surface area contributed by atoms with Gasteiger partial charge in [0.25, 0.3) is 0 Å². The Labute approximate surface area is 233 Å². The Morgan fingerprint density at radius 1 is 1.05 bits per heavy atom. The summed E-state index contributed by atoms with van der Waals surface area (Å²) in [5.41, 5.74) is 3.16. The summed E-state index contributed by atoms with van der Waals surface area (Å²) in [7, 11) is -0.0246. The van der Waals surface area contributed by atoms with Crippen LogP contribution in [0.3, 0.4) is 0 Å². The zero-order valence-corrected chi connectivity index (χ0v) is 24.3. The molecular formula is C28H33N7O2S2. The van der Waals surface area contributed by atoms with Crippen LogP contribution in [-0.2, 0) is 28.6 Å². The fourth-order valence-corrected chi connectivity index (χ4v) is 7.39. The fraction of sp³-hybridized carbons (Fsp3) is 0.429. The van der Waals surface area contributed by atoms with Crippen molar-refractivity contribution in [3.8, 4) is 11.5 Å². The van der Waals surface area contributed by atoms with Crippen LogP contribution >= 0.6 is 0 Å². The first-order valence-corrected chi connectivity index (χ1v) is 16.2. The predicted molar refractivity (Wildman–Crippen MR) is 157 cm³/mol. The molecule has 4 aromatic rings. The number of hydrogen-bond donors (Lipinski definition) is 1. The molecule has 4 heterocycles. The molecule has 0 spiro atoms. The lowest BCUT2D eigenvalue weighted by Crippen LogP contribution is -2.49. The number of nitrogens with one attached hydrogen (secondary N) is 1. The monoisotopic (exact) mass is 563 g/mol. The summed E-state index contributed by atoms with van der Waals surface area (Å²) in [5, 5.41) is 10.9. The molecule has 1 aliphatic heterocycles. The van der Waals surface area contributed by atoms with E-state index >= 15 is 0 Å². The molecule has 3 aromatic heterocycles. The fourth-order valence-electron chi connectivity index (χ4n) is 5.18. The van der Waals surface area contributed by atoms with Gasteiger partial charge in [-0.2, -0.15) is 5.10 Å². The van der Waals surface area contributed by atoms with E-state index in [1.807, 2.05) is 25.4 Å². The van der Waals surface area contributed by atoms with E-state index in [-0.39, 0.29) is 5.25 Å². The normalized spacial score (nSPS) is 17.4. The average Bonchev–Trinajstić information content (AvgIpc) is 3.66. The van der Waals surface area contributed by atoms with E-state index in [1.165, 1.54) is 11.3 Å². The van der Waals surface area contributed by atoms with Gasteiger partial charge in [-0.15, -0.1) is 0 Å². The summed E-state index contributed by atoms with van der Waals surface area (Å²) in [6.45, 7) is 6.24. The number of fused-ring (bicyclic) bond motifs is 1. The SMILES string of the molecule is CC(C)c1ccc(N2CC(CS(C)=O)C2)c2cnc(Nc3ccnc(-c4cc(S(=O)C5CC5)nn4C)n3)cc12. The van der Waals surface area contributed by atoms with Gasteiger partial charge in [-0.1, -0.05) is 19.9 Å². The molecule has 11 heteroatoms. The zero-order chi connectivity index (χ0) is 27.3. The molecule has 2 unspecified atom stereocenters. The van der Waals surface area contributed by atoms with Gasteiger partial charge in [0.1, 0.15) is 22.4 Å². The van der Waals surface area contributed by atoms with Crippen molar-refractivity contribution in [3.63, 3.8) is 0 Å². The average molecular weight is 564 g/mol. The highest BCUT2D eigenvalue weighted by molar-refractivity contribution is 7.86. The van der Waals surface area contributed by atoms with Gasteiger partial charge in [0, 0.05) is 83.6 Å². The van der Waals surface area contributed by atoms with Gasteiger partial charge < -0.3 is 10.2 Å². The first kappa shape index (κ1) is 26.1. The van der Waals surface area contributed by atoms with Crippen molar-refractivity contribution in [2.75, 3.05) is 35.3 Å². The van der Waals surface area contributed by atoms with E-state index in [9.17, 15) is 8.42 Å². The Morgan fingerprint density at radius 3 is 2.56 bits per heavy atom. The van der Waals surface area contributed by atoms with Crippen LogP contribution in [0, 0.1) is 5.92 Å². The van der Waals surface area contributed by atoms with Crippen molar-refractivity contribution in [1.82, 2.24) is 24.7 Å². The molecule has 204 valence electrons. The van der Waals surface area contributed by atoms with Gasteiger partial charge >= 0.3 is 0 Å². The molecule has 39 heavy (non-hydrogen) atoms. The molecule has 1 saturated carbocycles. The molecular weight excluding hydrogens is 530 g/mol. The Balaban J connectivity index is 1.27. The summed E-state index contributed by atoms with van der Waals surface area (Å²) in [6, 6.07) is 10.1. The molecule has 2 atom stereocenters. The number of nitrogens with zero attached hydrogens (tertiary/aromatic N) is 6. The third-order valence-electron chi connectivity index (χ3n) is 7.33. The number of rotatable bonds is 9. The summed E-state index contributed by atoms with van der Waals surface area (Å²) in [4.78, 5) is 16.3. The van der Waals surface area contributed by atoms with Crippen molar-refractivity contribution in [1.29, 1.82) is 0 Å². The van der Waals surface area contributed by atoms with Gasteiger partial charge in [-0.05, 0) is 47.9 Å². The minimum Gasteiger partial charge on any atom is -0.370 e. The van der Waals surface area contributed by atoms with Crippen molar-refractivity contribution >= 4 is 49.7 Å². The second-order valence-electron chi connectivity index (χ2n) is 10.8. The third-order valence-corrected chi connectivity index (χ3v) is 9.96. The Kier molecular flexibility index (Phi) is 6.96. The van der Waals surface area contributed by atoms with E-state index in [2.05, 4.69) is 52.3 Å². The molecule has 2 aliphatic rings. The van der Waals surface area contributed by atoms with Crippen molar-refractivity contribution in [2.45, 2.75) is 42.9 Å². The van der Waals surface area contributed by atoms with Crippen molar-refractivity contribution < 1.29 is 8.42 Å². The molecule has 2 fully saturated rings. The second kappa shape index (κ2) is 10.4. The number of anilines is 3. The van der Waals surface area contributed by atoms with Crippen LogP contribution in [0.25, 0.3) is 22.3 Å². The van der Waals surface area contributed by atoms with E-state index in [0.29, 0.717) is 34.3 Å². The van der Waals surface area contributed by atoms with E-state index in [1.54, 1.807) is 17.1 Å². The molecule has 9 nitrogen and oxygen atoms in total. The molecule has 6 rings (SSSR count). The lowest BCUT2D eigenvalue weighted by Gasteiger charge is -2.41. The van der Waals surface area contributed by atoms with Crippen molar-refractivity contribution in [3.05, 3.63) is 48.3 Å². The summed E-state index contributed by atoms with van der Waals surface area (Å²) >= 11 is 0. The first-order chi connectivity index (χ1) is 18.8. The first-order valence-electron chi connectivity index (χ1n) is 13.3. The van der Waals surface area contributed by atoms with Gasteiger partial charge in [0.2, 0.25) is 0 Å². The predicted octanol–water partition coefficient (Wildman–Crippen LogP) is 4.38. The molecule has 0 amide bonds. The van der Waals surface area contributed by atoms with Crippen LogP contribution in [0.2, 0.25) is 0 Å². The lowest BCUT2D eigenvalue weighted by atomic mass is 9.93. The quantitative estimate of drug-likeness (QED) is 0.320. The minimum absolute atomic E-state index is 0.223. The zero-order valence-electron chi connectivity index (χ0n) is 22.6. The molecule has 0 radical (unpaired) electrons. The van der Waals surface area contributed by atoms with E-state index in [0.717, 1.165) is 48.2 Å². The summed E-state index contributed by atoms with van der Waals surface area (Å²) in [5.74, 6) is 3.42. The third kappa shape index (κ3) is 5.34. The van der Waals surface area contributed by atoms with Crippen LogP contribution in [0.4, 0.5) is 17.3 Å². The topological polar surface area (TPSA) is 106 Å². The maximum atomic E-state index is 12.6. The van der Waals surface area contributed by atoms with Gasteiger partial charge in [0.15, 0.2) is 5.82 Å². The Hall–Kier alpha value is -3.18. The Bertz CT molecular complexity index is 1590. The van der Waals surface area contributed by atoms with Crippen LogP contribution < -0.4 is 10.2 Å². The van der Waals surface area contributed by atoms with E-state index in [4.69, 9.17) is 9.97 Å². The molecule has 1 aromatic carbocycles. The highest BCUT2D eigenvalue weighted by atomic mass is 32.2. The smallest absolute Gasteiger partial charge is 0.179 e. The highest BCUT2D eigenvalue weighted by Gasteiger charge is 2.32. The Morgan fingerprint density at radius 2 is 1.85 bits per heavy atom. The maximum absolute atomic E-state index is 12.6. The van der Waals surface area contributed by atoms with Crippen molar-refractivity contribution in [2.24, 2.45) is 13.0 Å². The maximum Gasteiger partial charge on any atom is 0.179 e. The number of aryl methyl sites for hydroxylation is 1. The van der Waals surface area contributed by atoms with E-state index < -0.39 is 21.6 Å². The van der Waals surface area contributed by atoms with Crippen LogP contribution in [-0.4, -0.2) is 63.5 Å². The number of pyridine rings is 1. The molecule has 1 aliphatic carbocycles. The largest absolute Gasteiger partial charge is 0.370 e. The highest BCUT2D eigenvalue weighted by Crippen LogP contribution is 2.37. The standard InChI is InChI=1S/C28H33N7O2S2/c1-17(2)20-7-8-23(35-14-18(15-35)16-38(4)36)22-13-30-26(11-21(20)22)31-25-9-10-29-28(32-25)24-12-27(33-34(24)3)39(37)19-5-6-19/h7-13,17-19H,5-6,14-16H2,1-4H3,(H,29,30,31,32). The number of aromatic nitrogens is 5. The molecule has 1 N–H and O–H groups in total.